The lowest BCUT2D eigenvalue weighted by molar-refractivity contribution is 0.0679. The molecule has 1 aliphatic heterocycles. The monoisotopic (exact) mass is 393 g/mol. The third kappa shape index (κ3) is 4.96. The molecule has 1 saturated heterocycles. The van der Waals surface area contributed by atoms with Gasteiger partial charge in [-0.3, -0.25) is 10.00 Å². The van der Waals surface area contributed by atoms with E-state index in [-0.39, 0.29) is 11.9 Å². The van der Waals surface area contributed by atoms with E-state index in [1.54, 1.807) is 19.2 Å². The fourth-order valence-electron chi connectivity index (χ4n) is 3.80. The van der Waals surface area contributed by atoms with Gasteiger partial charge in [0.05, 0.1) is 25.1 Å². The molecule has 1 fully saturated rings. The summed E-state index contributed by atoms with van der Waals surface area (Å²) in [7, 11) is 1.68. The van der Waals surface area contributed by atoms with Gasteiger partial charge in [0.15, 0.2) is 0 Å². The topological polar surface area (TPSA) is 70.6 Å². The zero-order valence-electron chi connectivity index (χ0n) is 16.7. The number of methoxy groups -OCH3 is 1. The molecule has 2 aromatic carbocycles. The highest BCUT2D eigenvalue weighted by molar-refractivity contribution is 5.63. The molecule has 1 atom stereocenters. The molecule has 6 nitrogen and oxygen atoms in total. The number of H-pyrrole nitrogens is 1. The molecule has 3 aromatic rings. The van der Waals surface area contributed by atoms with Crippen LogP contribution in [-0.4, -0.2) is 46.6 Å². The van der Waals surface area contributed by atoms with Crippen LogP contribution in [0, 0.1) is 0 Å². The maximum atomic E-state index is 9.57. The molecule has 1 unspecified atom stereocenters. The van der Waals surface area contributed by atoms with Gasteiger partial charge in [-0.05, 0) is 54.8 Å². The average molecular weight is 393 g/mol. The minimum absolute atomic E-state index is 0.259. The maximum absolute atomic E-state index is 9.57. The van der Waals surface area contributed by atoms with Crippen LogP contribution < -0.4 is 4.74 Å². The molecule has 6 heteroatoms. The number of hydrogen-bond donors (Lipinski definition) is 2. The van der Waals surface area contributed by atoms with E-state index in [9.17, 15) is 5.11 Å². The van der Waals surface area contributed by atoms with E-state index < -0.39 is 0 Å². The number of nitrogens with one attached hydrogen (secondary N) is 1. The number of ether oxygens (including phenoxy) is 2. The minimum Gasteiger partial charge on any atom is -0.508 e. The van der Waals surface area contributed by atoms with Crippen molar-refractivity contribution >= 4 is 0 Å². The summed E-state index contributed by atoms with van der Waals surface area (Å²) in [6, 6.07) is 15.4. The first-order valence-corrected chi connectivity index (χ1v) is 10.00. The first-order chi connectivity index (χ1) is 14.2. The molecular weight excluding hydrogens is 366 g/mol. The Bertz CT molecular complexity index is 900. The summed E-state index contributed by atoms with van der Waals surface area (Å²) < 4.78 is 11.2. The van der Waals surface area contributed by atoms with E-state index in [2.05, 4.69) is 27.2 Å². The summed E-state index contributed by atoms with van der Waals surface area (Å²) in [4.78, 5) is 2.41. The van der Waals surface area contributed by atoms with Crippen LogP contribution in [0.2, 0.25) is 0 Å². The smallest absolute Gasteiger partial charge is 0.118 e. The van der Waals surface area contributed by atoms with Crippen LogP contribution in [0.5, 0.6) is 11.5 Å². The van der Waals surface area contributed by atoms with Crippen molar-refractivity contribution in [2.24, 2.45) is 0 Å². The summed E-state index contributed by atoms with van der Waals surface area (Å²) in [6.45, 7) is 3.32. The van der Waals surface area contributed by atoms with E-state index in [4.69, 9.17) is 9.47 Å². The zero-order valence-corrected chi connectivity index (χ0v) is 16.7. The van der Waals surface area contributed by atoms with Gasteiger partial charge in [0.1, 0.15) is 11.5 Å². The molecule has 2 N–H and O–H groups in total. The lowest BCUT2D eigenvalue weighted by Crippen LogP contribution is -2.31. The number of aromatic nitrogens is 2. The highest BCUT2D eigenvalue weighted by atomic mass is 16.5. The third-order valence-electron chi connectivity index (χ3n) is 5.32. The van der Waals surface area contributed by atoms with E-state index in [1.807, 2.05) is 30.5 Å². The third-order valence-corrected chi connectivity index (χ3v) is 5.32. The zero-order chi connectivity index (χ0) is 20.1. The van der Waals surface area contributed by atoms with Gasteiger partial charge in [-0.25, -0.2) is 0 Å². The van der Waals surface area contributed by atoms with Crippen LogP contribution in [0.25, 0.3) is 11.3 Å². The van der Waals surface area contributed by atoms with Crippen molar-refractivity contribution in [3.8, 4) is 22.8 Å². The second-order valence-corrected chi connectivity index (χ2v) is 7.47. The van der Waals surface area contributed by atoms with Crippen molar-refractivity contribution in [2.75, 3.05) is 20.3 Å². The number of phenolic OH excluding ortho intramolecular Hbond substituents is 1. The fraction of sp³-hybridized carbons (Fsp3) is 0.348. The van der Waals surface area contributed by atoms with Gasteiger partial charge in [0.25, 0.3) is 0 Å². The van der Waals surface area contributed by atoms with Crippen molar-refractivity contribution in [3.05, 3.63) is 65.9 Å². The molecule has 152 valence electrons. The van der Waals surface area contributed by atoms with Gasteiger partial charge in [0, 0.05) is 37.4 Å². The summed E-state index contributed by atoms with van der Waals surface area (Å²) in [5.41, 5.74) is 4.36. The van der Waals surface area contributed by atoms with Crippen LogP contribution in [0.15, 0.2) is 54.7 Å². The Morgan fingerprint density at radius 3 is 2.62 bits per heavy atom. The second kappa shape index (κ2) is 9.11. The Kier molecular flexibility index (Phi) is 6.12. The lowest BCUT2D eigenvalue weighted by atomic mass is 10.1. The highest BCUT2D eigenvalue weighted by Gasteiger charge is 2.21. The van der Waals surface area contributed by atoms with Crippen LogP contribution in [-0.2, 0) is 17.8 Å². The number of phenols is 1. The molecule has 0 saturated carbocycles. The molecular formula is C23H27N3O3. The van der Waals surface area contributed by atoms with E-state index in [0.717, 1.165) is 61.7 Å². The van der Waals surface area contributed by atoms with Gasteiger partial charge < -0.3 is 14.6 Å². The summed E-state index contributed by atoms with van der Waals surface area (Å²) in [5.74, 6) is 1.12. The normalized spacial score (nSPS) is 16.4. The number of nitrogens with zero attached hydrogens (tertiary/aromatic N) is 2. The molecule has 1 aliphatic rings. The first kappa shape index (κ1) is 19.5. The predicted molar refractivity (Wildman–Crippen MR) is 112 cm³/mol. The molecule has 1 aromatic heterocycles. The maximum Gasteiger partial charge on any atom is 0.118 e. The van der Waals surface area contributed by atoms with Gasteiger partial charge in [0.2, 0.25) is 0 Å². The van der Waals surface area contributed by atoms with Crippen LogP contribution in [0.3, 0.4) is 0 Å². The number of benzene rings is 2. The molecule has 0 aliphatic carbocycles. The second-order valence-electron chi connectivity index (χ2n) is 7.47. The molecule has 2 heterocycles. The van der Waals surface area contributed by atoms with Gasteiger partial charge in [-0.2, -0.15) is 5.10 Å². The summed E-state index contributed by atoms with van der Waals surface area (Å²) >= 11 is 0. The number of hydrogen-bond acceptors (Lipinski definition) is 5. The molecule has 0 amide bonds. The van der Waals surface area contributed by atoms with Gasteiger partial charge in [-0.15, -0.1) is 0 Å². The van der Waals surface area contributed by atoms with Crippen molar-refractivity contribution in [1.29, 1.82) is 0 Å². The first-order valence-electron chi connectivity index (χ1n) is 10.00. The summed E-state index contributed by atoms with van der Waals surface area (Å²) in [5, 5.41) is 17.0. The number of aromatic hydroxyl groups is 1. The van der Waals surface area contributed by atoms with E-state index in [0.29, 0.717) is 0 Å². The van der Waals surface area contributed by atoms with Crippen molar-refractivity contribution in [1.82, 2.24) is 15.1 Å². The molecule has 0 radical (unpaired) electrons. The predicted octanol–water partition coefficient (Wildman–Crippen LogP) is 3.97. The summed E-state index contributed by atoms with van der Waals surface area (Å²) in [6.07, 6.45) is 4.40. The quantitative estimate of drug-likeness (QED) is 0.606. The van der Waals surface area contributed by atoms with Crippen molar-refractivity contribution in [2.45, 2.75) is 32.0 Å². The van der Waals surface area contributed by atoms with Crippen LogP contribution in [0.1, 0.15) is 24.0 Å². The minimum atomic E-state index is 0.259. The van der Waals surface area contributed by atoms with E-state index >= 15 is 0 Å². The average Bonchev–Trinajstić information content (AvgIpc) is 3.41. The molecule has 0 bridgehead atoms. The van der Waals surface area contributed by atoms with Crippen molar-refractivity contribution in [3.63, 3.8) is 0 Å². The number of rotatable bonds is 8. The lowest BCUT2D eigenvalue weighted by Gasteiger charge is -2.25. The standard InChI is InChI=1S/C23H27N3O3/c1-28-21-10-4-17(5-11-21)14-26(16-22-3-2-12-29-22)15-19-13-24-25-23(19)18-6-8-20(27)9-7-18/h4-11,13,22,27H,2-3,12,14-16H2,1H3,(H,24,25). The SMILES string of the molecule is COc1ccc(CN(Cc2cn[nH]c2-c2ccc(O)cc2)CC2CCCO2)cc1. The molecule has 29 heavy (non-hydrogen) atoms. The Morgan fingerprint density at radius 1 is 1.14 bits per heavy atom. The van der Waals surface area contributed by atoms with Crippen LogP contribution >= 0.6 is 0 Å². The largest absolute Gasteiger partial charge is 0.508 e. The Morgan fingerprint density at radius 2 is 1.93 bits per heavy atom. The molecule has 4 rings (SSSR count). The highest BCUT2D eigenvalue weighted by Crippen LogP contribution is 2.26. The van der Waals surface area contributed by atoms with Crippen LogP contribution in [0.4, 0.5) is 0 Å². The van der Waals surface area contributed by atoms with Gasteiger partial charge in [-0.1, -0.05) is 12.1 Å². The Hall–Kier alpha value is -2.83. The Labute approximate surface area is 171 Å². The van der Waals surface area contributed by atoms with E-state index in [1.165, 1.54) is 5.56 Å². The molecule has 0 spiro atoms. The van der Waals surface area contributed by atoms with Gasteiger partial charge >= 0.3 is 0 Å². The Balaban J connectivity index is 1.53. The number of aromatic amines is 1. The fourth-order valence-corrected chi connectivity index (χ4v) is 3.80. The van der Waals surface area contributed by atoms with Crippen molar-refractivity contribution < 1.29 is 14.6 Å².